The molecule has 3 aromatic rings. The molecule has 0 aromatic carbocycles. The van der Waals surface area contributed by atoms with Crippen molar-refractivity contribution in [2.75, 3.05) is 127 Å². The average Bonchev–Trinajstić information content (AvgIpc) is 4.05. The van der Waals surface area contributed by atoms with E-state index in [0.29, 0.717) is 128 Å². The molecule has 2 aliphatic rings. The van der Waals surface area contributed by atoms with Gasteiger partial charge in [0.05, 0.1) is 64.1 Å². The molecule has 6 atom stereocenters. The van der Waals surface area contributed by atoms with E-state index in [4.69, 9.17) is 47.1 Å². The number of piperazine rings is 2. The van der Waals surface area contributed by atoms with Crippen molar-refractivity contribution in [1.82, 2.24) is 54.7 Å². The zero-order chi connectivity index (χ0) is 50.1. The molecule has 4 unspecified atom stereocenters. The fourth-order valence-corrected chi connectivity index (χ4v) is 7.45. The third-order valence-electron chi connectivity index (χ3n) is 11.9. The predicted octanol–water partition coefficient (Wildman–Crippen LogP) is 0.541. The van der Waals surface area contributed by atoms with Gasteiger partial charge in [-0.25, -0.2) is 14.2 Å². The number of nitrogens with two attached hydrogens (primary N) is 2. The van der Waals surface area contributed by atoms with E-state index in [9.17, 15) is 32.7 Å². The van der Waals surface area contributed by atoms with Crippen LogP contribution in [0.4, 0.5) is 31.0 Å². The number of aliphatic hydroxyl groups is 1. The topological polar surface area (TPSA) is 285 Å². The monoisotopic (exact) mass is 1010 g/mol. The molecule has 2 aliphatic heterocycles. The van der Waals surface area contributed by atoms with Crippen molar-refractivity contribution in [2.45, 2.75) is 70.9 Å². The van der Waals surface area contributed by atoms with E-state index >= 15 is 0 Å². The van der Waals surface area contributed by atoms with Gasteiger partial charge in [0.25, 0.3) is 0 Å². The molecule has 70 heavy (non-hydrogen) atoms. The molecule has 2 fully saturated rings. The molecular formula is C42H66ClF3N16O8. The van der Waals surface area contributed by atoms with Crippen LogP contribution in [0.25, 0.3) is 0 Å². The lowest BCUT2D eigenvalue weighted by Gasteiger charge is -2.38. The second kappa shape index (κ2) is 27.8. The largest absolute Gasteiger partial charge is 0.490 e. The number of hydrogen-bond donors (Lipinski definition) is 4. The number of alkyl halides is 3. The minimum atomic E-state index is -5.17. The van der Waals surface area contributed by atoms with Gasteiger partial charge in [-0.3, -0.25) is 9.59 Å². The van der Waals surface area contributed by atoms with Crippen LogP contribution < -0.4 is 26.6 Å². The molecule has 0 radical (unpaired) electrons. The summed E-state index contributed by atoms with van der Waals surface area (Å²) >= 11 is 0. The maximum atomic E-state index is 14.2. The number of nitrogens with one attached hydrogen (secondary N) is 1. The first kappa shape index (κ1) is 57.1. The summed E-state index contributed by atoms with van der Waals surface area (Å²) in [5.41, 5.74) is 12.4. The van der Waals surface area contributed by atoms with Gasteiger partial charge in [-0.1, -0.05) is 56.9 Å². The Morgan fingerprint density at radius 2 is 1.21 bits per heavy atom. The molecule has 6 N–H and O–H groups in total. The number of halogens is 4. The number of hydrogen-bond acceptors (Lipinski definition) is 20. The van der Waals surface area contributed by atoms with E-state index in [2.05, 4.69) is 36.6 Å². The summed E-state index contributed by atoms with van der Waals surface area (Å²) in [5.74, 6) is 0.483. The van der Waals surface area contributed by atoms with E-state index in [-0.39, 0.29) is 55.0 Å². The number of nitrogens with zero attached hydrogens (tertiary/aromatic N) is 13. The first-order valence-corrected chi connectivity index (χ1v) is 23.0. The van der Waals surface area contributed by atoms with E-state index < -0.39 is 42.9 Å². The first-order chi connectivity index (χ1) is 33.1. The Bertz CT molecular complexity index is 2130. The van der Waals surface area contributed by atoms with Crippen molar-refractivity contribution < 1.29 is 51.6 Å². The van der Waals surface area contributed by atoms with E-state index in [1.165, 1.54) is 15.6 Å². The predicted molar refractivity (Wildman–Crippen MR) is 249 cm³/mol. The van der Waals surface area contributed by atoms with Gasteiger partial charge < -0.3 is 60.4 Å². The summed E-state index contributed by atoms with van der Waals surface area (Å²) in [6.45, 7) is 12.0. The molecule has 2 amide bonds. The maximum Gasteiger partial charge on any atom is 0.490 e. The normalized spacial score (nSPS) is 16.9. The molecular weight excluding hydrogens is 949 g/mol. The number of carbonyl (C=O) groups excluding carboxylic acids is 3. The molecule has 28 heteroatoms. The quantitative estimate of drug-likeness (QED) is 0.0485. The first-order valence-electron chi connectivity index (χ1n) is 23.0. The van der Waals surface area contributed by atoms with Crippen molar-refractivity contribution in [2.24, 2.45) is 23.3 Å². The Labute approximate surface area is 410 Å². The van der Waals surface area contributed by atoms with Gasteiger partial charge in [-0.15, -0.1) is 29.0 Å². The molecule has 24 nitrogen and oxygen atoms in total. The van der Waals surface area contributed by atoms with Crippen molar-refractivity contribution in [3.8, 4) is 12.3 Å². The average molecular weight is 1020 g/mol. The van der Waals surface area contributed by atoms with Crippen LogP contribution in [-0.2, 0) is 33.3 Å². The van der Waals surface area contributed by atoms with E-state index in [0.717, 1.165) is 0 Å². The Morgan fingerprint density at radius 3 is 1.66 bits per heavy atom. The highest BCUT2D eigenvalue weighted by molar-refractivity contribution is 5.85. The standard InChI is InChI=1S/C42H65F3N16O8.ClH/c1-6-18-66-20-22-68-23-21-67-19-9-48-39-49-40(58-14-10-56(11-15-58)36(63)34(28(4)7-2)60-24-32(52-54-60)30(46)26-62)51-41(50-39)59-16-12-57(13-17-59)37(64)35(29(5)8-3)61-25-33(53-55-61)31(47)27-69-38(65)42(43,44)45;/h1,24-25,28-31,34-35,62H,7-23,26-27,46-47H2,2-5H3,(H,48,49,50,51);1H/t28-,29-,30?,31?,34?,35?;/m0./s1. The van der Waals surface area contributed by atoms with Gasteiger partial charge in [0, 0.05) is 58.9 Å². The highest BCUT2D eigenvalue weighted by Crippen LogP contribution is 2.28. The highest BCUT2D eigenvalue weighted by Gasteiger charge is 2.41. The molecule has 0 bridgehead atoms. The number of aliphatic hydroxyl groups excluding tert-OH is 1. The second-order valence-electron chi connectivity index (χ2n) is 16.7. The van der Waals surface area contributed by atoms with Crippen molar-refractivity contribution >= 4 is 48.0 Å². The number of rotatable bonds is 26. The minimum Gasteiger partial charge on any atom is -0.457 e. The SMILES string of the molecule is C#CCOCCOCCOCCNc1nc(N2CCN(C(=O)C([C@@H](C)CC)n3cc(C(N)CO)nn3)CC2)nc(N2CCN(C(=O)C([C@@H](C)CC)n3cc(C(N)COC(=O)C(F)(F)F)nn3)CC2)n1.Cl. The summed E-state index contributed by atoms with van der Waals surface area (Å²) in [6, 6.07) is -3.36. The van der Waals surface area contributed by atoms with Crippen LogP contribution in [0, 0.1) is 24.2 Å². The number of carbonyl (C=O) groups is 3. The lowest BCUT2D eigenvalue weighted by Crippen LogP contribution is -2.52. The smallest absolute Gasteiger partial charge is 0.457 e. The number of ether oxygens (including phenoxy) is 4. The van der Waals surface area contributed by atoms with Gasteiger partial charge in [0.15, 0.2) is 0 Å². The lowest BCUT2D eigenvalue weighted by atomic mass is 9.97. The van der Waals surface area contributed by atoms with E-state index in [1.807, 2.05) is 37.5 Å². The van der Waals surface area contributed by atoms with Crippen molar-refractivity contribution in [3.63, 3.8) is 0 Å². The third-order valence-corrected chi connectivity index (χ3v) is 11.9. The van der Waals surface area contributed by atoms with Crippen LogP contribution in [0.5, 0.6) is 0 Å². The summed E-state index contributed by atoms with van der Waals surface area (Å²) in [5, 5.41) is 29.2. The molecule has 2 saturated heterocycles. The highest BCUT2D eigenvalue weighted by atomic mass is 35.5. The van der Waals surface area contributed by atoms with Crippen molar-refractivity contribution in [1.29, 1.82) is 0 Å². The molecule has 5 heterocycles. The fourth-order valence-electron chi connectivity index (χ4n) is 7.45. The maximum absolute atomic E-state index is 14.2. The van der Waals surface area contributed by atoms with Crippen LogP contribution in [-0.4, -0.2) is 196 Å². The van der Waals surface area contributed by atoms with Gasteiger partial charge in [0.2, 0.25) is 29.7 Å². The van der Waals surface area contributed by atoms with Crippen molar-refractivity contribution in [3.05, 3.63) is 23.8 Å². The van der Waals surface area contributed by atoms with Crippen LogP contribution >= 0.6 is 12.4 Å². The number of anilines is 3. The number of aromatic nitrogens is 9. The number of amides is 2. The Balaban J connectivity index is 0.0000107. The van der Waals surface area contributed by atoms with E-state index in [1.54, 1.807) is 16.0 Å². The second-order valence-corrected chi connectivity index (χ2v) is 16.7. The summed E-state index contributed by atoms with van der Waals surface area (Å²) in [4.78, 5) is 61.4. The summed E-state index contributed by atoms with van der Waals surface area (Å²) in [6.07, 6.45) is 4.32. The van der Waals surface area contributed by atoms with Crippen LogP contribution in [0.3, 0.4) is 0 Å². The minimum absolute atomic E-state index is 0. The van der Waals surface area contributed by atoms with Crippen LogP contribution in [0.2, 0.25) is 0 Å². The fraction of sp³-hybridized carbons (Fsp3) is 0.714. The molecule has 0 aliphatic carbocycles. The van der Waals surface area contributed by atoms with Crippen LogP contribution in [0.1, 0.15) is 76.1 Å². The number of terminal acetylenes is 1. The zero-order valence-corrected chi connectivity index (χ0v) is 40.8. The number of esters is 1. The lowest BCUT2D eigenvalue weighted by molar-refractivity contribution is -0.200. The molecule has 5 rings (SSSR count). The van der Waals surface area contributed by atoms with Crippen LogP contribution in [0.15, 0.2) is 12.4 Å². The van der Waals surface area contributed by atoms with Gasteiger partial charge >= 0.3 is 12.1 Å². The molecule has 0 spiro atoms. The molecule has 3 aromatic heterocycles. The Hall–Kier alpha value is -5.50. The van der Waals surface area contributed by atoms with Gasteiger partial charge in [-0.2, -0.15) is 28.1 Å². The third kappa shape index (κ3) is 15.8. The van der Waals surface area contributed by atoms with Gasteiger partial charge in [0.1, 0.15) is 36.7 Å². The Kier molecular flexibility index (Phi) is 22.7. The summed E-state index contributed by atoms with van der Waals surface area (Å²) in [7, 11) is 0. The Morgan fingerprint density at radius 1 is 0.757 bits per heavy atom. The summed E-state index contributed by atoms with van der Waals surface area (Å²) < 4.78 is 61.6. The zero-order valence-electron chi connectivity index (χ0n) is 39.9. The van der Waals surface area contributed by atoms with Gasteiger partial charge in [-0.05, 0) is 11.8 Å². The molecule has 390 valence electrons. The molecule has 0 saturated carbocycles.